The largest absolute Gasteiger partial charge is 0.481 e. The molecular formula is C23H27N5O8. The molecule has 0 spiro atoms. The molecule has 13 nitrogen and oxygen atoms in total. The second-order valence-corrected chi connectivity index (χ2v) is 8.53. The van der Waals surface area contributed by atoms with Gasteiger partial charge < -0.3 is 25.9 Å². The normalized spacial score (nSPS) is 20.5. The smallest absolute Gasteiger partial charge is 0.305 e. The summed E-state index contributed by atoms with van der Waals surface area (Å²) in [5.41, 5.74) is 0.569. The van der Waals surface area contributed by atoms with Crippen LogP contribution in [-0.4, -0.2) is 81.6 Å². The first-order chi connectivity index (χ1) is 17.1. The third-order valence-corrected chi connectivity index (χ3v) is 5.80. The van der Waals surface area contributed by atoms with Gasteiger partial charge in [-0.05, 0) is 37.5 Å². The highest BCUT2D eigenvalue weighted by Crippen LogP contribution is 2.25. The van der Waals surface area contributed by atoms with Gasteiger partial charge in [0.1, 0.15) is 18.4 Å². The molecule has 0 aromatic heterocycles. The predicted octanol–water partition coefficient (Wildman–Crippen LogP) is -0.570. The van der Waals surface area contributed by atoms with Crippen LogP contribution in [0.1, 0.15) is 49.4 Å². The number of fused-ring (bicyclic) bond motifs is 1. The molecule has 1 aromatic carbocycles. The van der Waals surface area contributed by atoms with E-state index in [2.05, 4.69) is 16.0 Å². The summed E-state index contributed by atoms with van der Waals surface area (Å²) in [6.07, 6.45) is 0.204. The second-order valence-electron chi connectivity index (χ2n) is 8.53. The van der Waals surface area contributed by atoms with E-state index in [-0.39, 0.29) is 37.3 Å². The quantitative estimate of drug-likeness (QED) is 0.342. The SMILES string of the molecule is CC(=O)Nc1cccc(C(=O)N[C@H]2CCC(=O)N3CCC[C@@H](C(=O)N[C@H](C=O)CC(=O)O)N3C2=O)c1. The van der Waals surface area contributed by atoms with Crippen LogP contribution in [0.3, 0.4) is 0 Å². The molecule has 192 valence electrons. The van der Waals surface area contributed by atoms with Gasteiger partial charge in [0.15, 0.2) is 0 Å². The molecule has 0 bridgehead atoms. The van der Waals surface area contributed by atoms with Gasteiger partial charge in [0.05, 0.1) is 12.5 Å². The number of nitrogens with one attached hydrogen (secondary N) is 3. The number of carboxylic acid groups (broad SMARTS) is 1. The Morgan fingerprint density at radius 1 is 1.19 bits per heavy atom. The molecule has 5 amide bonds. The predicted molar refractivity (Wildman–Crippen MR) is 123 cm³/mol. The van der Waals surface area contributed by atoms with Crippen LogP contribution in [0, 0.1) is 0 Å². The maximum Gasteiger partial charge on any atom is 0.305 e. The molecule has 4 N–H and O–H groups in total. The van der Waals surface area contributed by atoms with Crippen molar-refractivity contribution >= 4 is 47.5 Å². The van der Waals surface area contributed by atoms with E-state index < -0.39 is 54.1 Å². The molecule has 2 aliphatic heterocycles. The number of carbonyl (C=O) groups is 7. The lowest BCUT2D eigenvalue weighted by Gasteiger charge is -2.43. The zero-order chi connectivity index (χ0) is 26.4. The highest BCUT2D eigenvalue weighted by molar-refractivity contribution is 6.01. The van der Waals surface area contributed by atoms with Gasteiger partial charge in [0, 0.05) is 31.1 Å². The van der Waals surface area contributed by atoms with Crippen molar-refractivity contribution < 1.29 is 38.7 Å². The highest BCUT2D eigenvalue weighted by Gasteiger charge is 2.45. The Morgan fingerprint density at radius 2 is 1.94 bits per heavy atom. The topological polar surface area (TPSA) is 182 Å². The molecule has 36 heavy (non-hydrogen) atoms. The van der Waals surface area contributed by atoms with E-state index in [9.17, 15) is 33.6 Å². The van der Waals surface area contributed by atoms with Crippen LogP contribution in [0.15, 0.2) is 24.3 Å². The summed E-state index contributed by atoms with van der Waals surface area (Å²) in [6.45, 7) is 1.52. The van der Waals surface area contributed by atoms with E-state index in [1.54, 1.807) is 12.1 Å². The van der Waals surface area contributed by atoms with Crippen molar-refractivity contribution in [2.75, 3.05) is 11.9 Å². The summed E-state index contributed by atoms with van der Waals surface area (Å²) < 4.78 is 0. The number of hydrogen-bond donors (Lipinski definition) is 4. The van der Waals surface area contributed by atoms with Crippen LogP contribution in [0.4, 0.5) is 5.69 Å². The van der Waals surface area contributed by atoms with Crippen molar-refractivity contribution in [1.29, 1.82) is 0 Å². The van der Waals surface area contributed by atoms with Gasteiger partial charge in [-0.1, -0.05) is 6.07 Å². The number of carboxylic acids is 1. The van der Waals surface area contributed by atoms with Gasteiger partial charge in [-0.15, -0.1) is 0 Å². The maximum atomic E-state index is 13.5. The van der Waals surface area contributed by atoms with Crippen molar-refractivity contribution in [3.05, 3.63) is 29.8 Å². The number of aliphatic carboxylic acids is 1. The monoisotopic (exact) mass is 501 g/mol. The molecule has 0 unspecified atom stereocenters. The molecular weight excluding hydrogens is 474 g/mol. The Labute approximate surface area is 206 Å². The number of benzene rings is 1. The number of amides is 5. The molecule has 13 heteroatoms. The summed E-state index contributed by atoms with van der Waals surface area (Å²) in [4.78, 5) is 85.5. The fourth-order valence-corrected chi connectivity index (χ4v) is 4.19. The average molecular weight is 501 g/mol. The lowest BCUT2D eigenvalue weighted by atomic mass is 10.0. The van der Waals surface area contributed by atoms with Gasteiger partial charge >= 0.3 is 5.97 Å². The van der Waals surface area contributed by atoms with E-state index in [4.69, 9.17) is 5.11 Å². The lowest BCUT2D eigenvalue weighted by Crippen LogP contribution is -2.64. The van der Waals surface area contributed by atoms with Crippen molar-refractivity contribution in [2.45, 2.75) is 57.2 Å². The Morgan fingerprint density at radius 3 is 2.61 bits per heavy atom. The van der Waals surface area contributed by atoms with E-state index in [0.29, 0.717) is 18.4 Å². The minimum Gasteiger partial charge on any atom is -0.481 e. The molecule has 2 fully saturated rings. The average Bonchev–Trinajstić information content (AvgIpc) is 2.95. The van der Waals surface area contributed by atoms with Crippen LogP contribution in [-0.2, 0) is 28.8 Å². The van der Waals surface area contributed by atoms with Crippen molar-refractivity contribution in [3.63, 3.8) is 0 Å². The van der Waals surface area contributed by atoms with Crippen LogP contribution < -0.4 is 16.0 Å². The highest BCUT2D eigenvalue weighted by atomic mass is 16.4. The Hall–Kier alpha value is -4.29. The molecule has 1 aromatic rings. The number of carbonyl (C=O) groups excluding carboxylic acids is 6. The van der Waals surface area contributed by atoms with Crippen LogP contribution in [0.25, 0.3) is 0 Å². The first-order valence-corrected chi connectivity index (χ1v) is 11.4. The Balaban J connectivity index is 1.80. The first kappa shape index (κ1) is 26.3. The van der Waals surface area contributed by atoms with Crippen molar-refractivity contribution in [1.82, 2.24) is 20.7 Å². The molecule has 3 rings (SSSR count). The molecule has 0 aliphatic carbocycles. The summed E-state index contributed by atoms with van der Waals surface area (Å²) >= 11 is 0. The fraction of sp³-hybridized carbons (Fsp3) is 0.435. The standard InChI is InChI=1S/C23H27N5O8/c1-13(30)24-15-5-2-4-14(10-15)21(34)26-17-7-8-19(31)27-9-3-6-18(28(27)23(17)36)22(35)25-16(12-29)11-20(32)33/h2,4-5,10,12,16-18H,3,6-9,11H2,1H3,(H,24,30)(H,25,35)(H,26,34)(H,32,33)/t16-,17-,18-/m0/s1. The zero-order valence-electron chi connectivity index (χ0n) is 19.6. The molecule has 3 atom stereocenters. The van der Waals surface area contributed by atoms with Gasteiger partial charge in [-0.25, -0.2) is 5.01 Å². The number of aldehydes is 1. The van der Waals surface area contributed by atoms with Crippen LogP contribution >= 0.6 is 0 Å². The number of rotatable bonds is 8. The summed E-state index contributed by atoms with van der Waals surface area (Å²) in [5.74, 6) is -4.06. The summed E-state index contributed by atoms with van der Waals surface area (Å²) in [5, 5.41) is 18.6. The van der Waals surface area contributed by atoms with Crippen LogP contribution in [0.5, 0.6) is 0 Å². The number of anilines is 1. The fourth-order valence-electron chi connectivity index (χ4n) is 4.19. The minimum atomic E-state index is -1.30. The van der Waals surface area contributed by atoms with Gasteiger partial charge in [-0.2, -0.15) is 0 Å². The van der Waals surface area contributed by atoms with Gasteiger partial charge in [0.2, 0.25) is 17.7 Å². The van der Waals surface area contributed by atoms with E-state index in [1.165, 1.54) is 24.1 Å². The summed E-state index contributed by atoms with van der Waals surface area (Å²) in [6, 6.07) is 2.52. The molecule has 0 saturated carbocycles. The third-order valence-electron chi connectivity index (χ3n) is 5.80. The second kappa shape index (κ2) is 11.4. The van der Waals surface area contributed by atoms with Crippen LogP contribution in [0.2, 0.25) is 0 Å². The van der Waals surface area contributed by atoms with Crippen molar-refractivity contribution in [2.24, 2.45) is 0 Å². The third kappa shape index (κ3) is 6.23. The minimum absolute atomic E-state index is 0.00606. The Bertz CT molecular complexity index is 1090. The molecule has 2 saturated heterocycles. The van der Waals surface area contributed by atoms with E-state index >= 15 is 0 Å². The molecule has 2 heterocycles. The number of hydrogen-bond acceptors (Lipinski definition) is 7. The van der Waals surface area contributed by atoms with Gasteiger partial charge in [0.25, 0.3) is 11.8 Å². The summed E-state index contributed by atoms with van der Waals surface area (Å²) in [7, 11) is 0. The zero-order valence-corrected chi connectivity index (χ0v) is 19.6. The van der Waals surface area contributed by atoms with Crippen molar-refractivity contribution in [3.8, 4) is 0 Å². The molecule has 0 radical (unpaired) electrons. The van der Waals surface area contributed by atoms with E-state index in [0.717, 1.165) is 5.01 Å². The number of nitrogens with zero attached hydrogens (tertiary/aromatic N) is 2. The number of hydrazine groups is 1. The van der Waals surface area contributed by atoms with Gasteiger partial charge in [-0.3, -0.25) is 33.8 Å². The lowest BCUT2D eigenvalue weighted by molar-refractivity contribution is -0.176. The Kier molecular flexibility index (Phi) is 8.35. The maximum absolute atomic E-state index is 13.5. The molecule has 2 aliphatic rings. The first-order valence-electron chi connectivity index (χ1n) is 11.4. The van der Waals surface area contributed by atoms with E-state index in [1.807, 2.05) is 0 Å².